The molecule has 0 radical (unpaired) electrons. The van der Waals surface area contributed by atoms with Crippen molar-refractivity contribution in [2.24, 2.45) is 0 Å². The molecule has 0 fully saturated rings. The van der Waals surface area contributed by atoms with Gasteiger partial charge in [-0.15, -0.1) is 0 Å². The highest BCUT2D eigenvalue weighted by atomic mass is 16.6. The van der Waals surface area contributed by atoms with E-state index in [2.05, 4.69) is 93.7 Å². The molecule has 0 heterocycles. The van der Waals surface area contributed by atoms with Crippen molar-refractivity contribution in [2.45, 2.75) is 200 Å². The average molecular weight is 831 g/mol. The zero-order valence-corrected chi connectivity index (χ0v) is 38.4. The van der Waals surface area contributed by atoms with Crippen molar-refractivity contribution in [3.63, 3.8) is 0 Å². The minimum absolute atomic E-state index is 0.109. The molecule has 0 aliphatic heterocycles. The predicted octanol–water partition coefficient (Wildman–Crippen LogP) is 15.6. The van der Waals surface area contributed by atoms with E-state index in [9.17, 15) is 14.4 Å². The maximum absolute atomic E-state index is 12.7. The molecule has 0 rings (SSSR count). The van der Waals surface area contributed by atoms with Crippen LogP contribution in [0.1, 0.15) is 194 Å². The van der Waals surface area contributed by atoms with Crippen molar-refractivity contribution in [2.75, 3.05) is 13.2 Å². The predicted molar refractivity (Wildman–Crippen MR) is 256 cm³/mol. The van der Waals surface area contributed by atoms with E-state index >= 15 is 0 Å². The highest BCUT2D eigenvalue weighted by Crippen LogP contribution is 2.12. The molecule has 6 heteroatoms. The maximum Gasteiger partial charge on any atom is 0.306 e. The summed E-state index contributed by atoms with van der Waals surface area (Å²) in [4.78, 5) is 37.8. The minimum atomic E-state index is -0.812. The summed E-state index contributed by atoms with van der Waals surface area (Å²) in [7, 11) is 0. The van der Waals surface area contributed by atoms with Gasteiger partial charge in [0.1, 0.15) is 13.2 Å². The molecule has 0 saturated carbocycles. The van der Waals surface area contributed by atoms with Crippen molar-refractivity contribution in [1.29, 1.82) is 0 Å². The van der Waals surface area contributed by atoms with E-state index in [4.69, 9.17) is 14.2 Å². The molecule has 0 bridgehead atoms. The van der Waals surface area contributed by atoms with Crippen LogP contribution in [0, 0.1) is 0 Å². The Morgan fingerprint density at radius 1 is 0.367 bits per heavy atom. The number of allylic oxidation sites excluding steroid dienone is 18. The molecule has 0 aromatic carbocycles. The number of unbranched alkanes of at least 4 members (excludes halogenated alkanes) is 16. The molecular weight excluding hydrogens is 745 g/mol. The number of hydrogen-bond acceptors (Lipinski definition) is 6. The summed E-state index contributed by atoms with van der Waals surface area (Å²) >= 11 is 0. The van der Waals surface area contributed by atoms with Gasteiger partial charge in [0.2, 0.25) is 0 Å². The van der Waals surface area contributed by atoms with Crippen LogP contribution in [0.25, 0.3) is 0 Å². The standard InChI is InChI=1S/C54H86O6/c1-4-7-10-13-16-19-22-25-26-27-28-29-30-33-35-38-41-44-47-53(56)59-50-51(60-54(57)48-45-42-39-36-32-24-21-18-15-12-9-6-3)49-58-52(55)46-43-40-37-34-31-23-20-17-14-11-8-5-2/h9-10,12-13,16-22,25-29,32,36,51H,4-8,11,14-15,23-24,30-31,33-35,37-50H2,1-3H3/b12-9-,13-10-,19-16-,20-17-,21-18-,25-22-,27-26-,29-28-,36-32-. The number of hydrogen-bond donors (Lipinski definition) is 0. The zero-order valence-electron chi connectivity index (χ0n) is 38.4. The number of esters is 3. The van der Waals surface area contributed by atoms with Crippen LogP contribution in [0.5, 0.6) is 0 Å². The van der Waals surface area contributed by atoms with Gasteiger partial charge in [-0.25, -0.2) is 0 Å². The van der Waals surface area contributed by atoms with Crippen LogP contribution in [0.2, 0.25) is 0 Å². The van der Waals surface area contributed by atoms with Crippen LogP contribution in [0.3, 0.4) is 0 Å². The third-order valence-electron chi connectivity index (χ3n) is 9.59. The first-order chi connectivity index (χ1) is 29.5. The van der Waals surface area contributed by atoms with E-state index in [1.54, 1.807) is 0 Å². The van der Waals surface area contributed by atoms with Crippen molar-refractivity contribution in [1.82, 2.24) is 0 Å². The third kappa shape index (κ3) is 45.2. The highest BCUT2D eigenvalue weighted by molar-refractivity contribution is 5.71. The molecule has 1 atom stereocenters. The highest BCUT2D eigenvalue weighted by Gasteiger charge is 2.19. The van der Waals surface area contributed by atoms with E-state index in [1.807, 2.05) is 36.5 Å². The topological polar surface area (TPSA) is 78.9 Å². The van der Waals surface area contributed by atoms with Gasteiger partial charge in [0.25, 0.3) is 0 Å². The Labute approximate surface area is 368 Å². The lowest BCUT2D eigenvalue weighted by molar-refractivity contribution is -0.167. The largest absolute Gasteiger partial charge is 0.462 e. The van der Waals surface area contributed by atoms with Gasteiger partial charge in [-0.05, 0) is 96.3 Å². The van der Waals surface area contributed by atoms with Gasteiger partial charge in [0.15, 0.2) is 6.10 Å². The Bertz CT molecular complexity index is 1280. The Morgan fingerprint density at radius 2 is 0.750 bits per heavy atom. The van der Waals surface area contributed by atoms with Gasteiger partial charge in [-0.2, -0.15) is 0 Å². The van der Waals surface area contributed by atoms with Crippen LogP contribution < -0.4 is 0 Å². The van der Waals surface area contributed by atoms with Crippen LogP contribution >= 0.6 is 0 Å². The van der Waals surface area contributed by atoms with E-state index < -0.39 is 6.10 Å². The molecule has 60 heavy (non-hydrogen) atoms. The van der Waals surface area contributed by atoms with Gasteiger partial charge in [-0.3, -0.25) is 14.4 Å². The van der Waals surface area contributed by atoms with Crippen molar-refractivity contribution in [3.05, 3.63) is 109 Å². The molecule has 338 valence electrons. The molecular formula is C54H86O6. The number of ether oxygens (including phenoxy) is 3. The molecule has 0 amide bonds. The Morgan fingerprint density at radius 3 is 1.28 bits per heavy atom. The van der Waals surface area contributed by atoms with E-state index in [1.165, 1.54) is 38.5 Å². The summed E-state index contributed by atoms with van der Waals surface area (Å²) in [6.07, 6.45) is 63.5. The second kappa shape index (κ2) is 47.7. The first-order valence-electron chi connectivity index (χ1n) is 24.0. The second-order valence-electron chi connectivity index (χ2n) is 15.4. The summed E-state index contributed by atoms with van der Waals surface area (Å²) in [6.45, 7) is 6.32. The van der Waals surface area contributed by atoms with Gasteiger partial charge >= 0.3 is 17.9 Å². The van der Waals surface area contributed by atoms with Crippen LogP contribution in [0.4, 0.5) is 0 Å². The van der Waals surface area contributed by atoms with E-state index in [0.29, 0.717) is 19.3 Å². The lowest BCUT2D eigenvalue weighted by Gasteiger charge is -2.18. The normalized spacial score (nSPS) is 13.1. The fourth-order valence-electron chi connectivity index (χ4n) is 6.01. The monoisotopic (exact) mass is 831 g/mol. The first kappa shape index (κ1) is 56.1. The molecule has 0 aromatic heterocycles. The summed E-state index contributed by atoms with van der Waals surface area (Å²) in [6, 6.07) is 0. The first-order valence-corrected chi connectivity index (χ1v) is 24.0. The molecule has 0 spiro atoms. The molecule has 0 N–H and O–H groups in total. The molecule has 0 aromatic rings. The average Bonchev–Trinajstić information content (AvgIpc) is 3.24. The number of carbonyl (C=O) groups excluding carboxylic acids is 3. The van der Waals surface area contributed by atoms with E-state index in [-0.39, 0.29) is 37.5 Å². The smallest absolute Gasteiger partial charge is 0.306 e. The fourth-order valence-corrected chi connectivity index (χ4v) is 6.01. The van der Waals surface area contributed by atoms with Gasteiger partial charge < -0.3 is 14.2 Å². The summed E-state index contributed by atoms with van der Waals surface area (Å²) in [5, 5.41) is 0. The Balaban J connectivity index is 4.50. The van der Waals surface area contributed by atoms with Crippen molar-refractivity contribution in [3.8, 4) is 0 Å². The summed E-state index contributed by atoms with van der Waals surface area (Å²) in [5.41, 5.74) is 0. The minimum Gasteiger partial charge on any atom is -0.462 e. The lowest BCUT2D eigenvalue weighted by Crippen LogP contribution is -2.30. The SMILES string of the molecule is CC/C=C\C/C=C\C/C=C\CCCCC(=O)OC(COC(=O)CCCCCCC\C=C/C=C\C=C/C=C\C=C/CCC)COC(=O)CCCCCCC/C=C\CCCCC. The molecule has 0 aliphatic carbocycles. The van der Waals surface area contributed by atoms with Crippen LogP contribution in [-0.2, 0) is 28.6 Å². The Kier molecular flexibility index (Phi) is 44.6. The summed E-state index contributed by atoms with van der Waals surface area (Å²) in [5.74, 6) is -0.993. The molecule has 0 aliphatic rings. The van der Waals surface area contributed by atoms with Gasteiger partial charge in [-0.1, -0.05) is 188 Å². The summed E-state index contributed by atoms with van der Waals surface area (Å²) < 4.78 is 16.7. The van der Waals surface area contributed by atoms with Crippen LogP contribution in [0.15, 0.2) is 109 Å². The second-order valence-corrected chi connectivity index (χ2v) is 15.4. The van der Waals surface area contributed by atoms with Gasteiger partial charge in [0, 0.05) is 19.3 Å². The van der Waals surface area contributed by atoms with Crippen molar-refractivity contribution < 1.29 is 28.6 Å². The lowest BCUT2D eigenvalue weighted by atomic mass is 10.1. The number of carbonyl (C=O) groups is 3. The van der Waals surface area contributed by atoms with E-state index in [0.717, 1.165) is 109 Å². The maximum atomic E-state index is 12.7. The third-order valence-corrected chi connectivity index (χ3v) is 9.59. The molecule has 6 nitrogen and oxygen atoms in total. The van der Waals surface area contributed by atoms with Gasteiger partial charge in [0.05, 0.1) is 0 Å². The fraction of sp³-hybridized carbons (Fsp3) is 0.611. The molecule has 1 unspecified atom stereocenters. The quantitative estimate of drug-likeness (QED) is 0.0201. The Hall–Kier alpha value is -3.93. The van der Waals surface area contributed by atoms with Crippen LogP contribution in [-0.4, -0.2) is 37.2 Å². The zero-order chi connectivity index (χ0) is 43.7. The molecule has 0 saturated heterocycles. The number of rotatable bonds is 41. The van der Waals surface area contributed by atoms with Crippen molar-refractivity contribution >= 4 is 17.9 Å².